The van der Waals surface area contributed by atoms with Crippen LogP contribution in [0.25, 0.3) is 0 Å². The number of aliphatic hydroxyl groups is 1. The van der Waals surface area contributed by atoms with Gasteiger partial charge < -0.3 is 9.84 Å². The van der Waals surface area contributed by atoms with Crippen LogP contribution in [0, 0.1) is 17.8 Å². The van der Waals surface area contributed by atoms with Crippen molar-refractivity contribution < 1.29 is 36.2 Å². The first-order valence-corrected chi connectivity index (χ1v) is 8.98. The van der Waals surface area contributed by atoms with E-state index in [1.807, 2.05) is 0 Å². The fraction of sp³-hybridized carbons (Fsp3) is 1.00. The van der Waals surface area contributed by atoms with E-state index in [1.165, 1.54) is 6.92 Å². The van der Waals surface area contributed by atoms with E-state index in [2.05, 4.69) is 4.74 Å². The molecular formula is C17H26F6O2. The lowest BCUT2D eigenvalue weighted by Gasteiger charge is -2.48. The third kappa shape index (κ3) is 4.10. The molecule has 0 spiro atoms. The first kappa shape index (κ1) is 20.8. The van der Waals surface area contributed by atoms with Gasteiger partial charge in [-0.1, -0.05) is 32.6 Å². The molecule has 0 aromatic carbocycles. The average molecular weight is 376 g/mol. The molecule has 2 saturated carbocycles. The molecule has 2 fully saturated rings. The van der Waals surface area contributed by atoms with Crippen molar-refractivity contribution in [3.63, 3.8) is 0 Å². The van der Waals surface area contributed by atoms with E-state index in [-0.39, 0.29) is 31.1 Å². The van der Waals surface area contributed by atoms with Gasteiger partial charge in [-0.3, -0.25) is 0 Å². The summed E-state index contributed by atoms with van der Waals surface area (Å²) in [6.07, 6.45) is -8.95. The van der Waals surface area contributed by atoms with E-state index < -0.39 is 36.6 Å². The van der Waals surface area contributed by atoms with Gasteiger partial charge in [0.1, 0.15) is 0 Å². The largest absolute Gasteiger partial charge is 0.426 e. The molecular weight excluding hydrogens is 350 g/mol. The molecule has 2 rings (SSSR count). The van der Waals surface area contributed by atoms with E-state index in [0.717, 1.165) is 19.3 Å². The lowest BCUT2D eigenvalue weighted by Crippen LogP contribution is -2.65. The van der Waals surface area contributed by atoms with Crippen LogP contribution < -0.4 is 0 Å². The normalized spacial score (nSPS) is 30.0. The number of hydrogen-bond acceptors (Lipinski definition) is 2. The van der Waals surface area contributed by atoms with E-state index >= 15 is 0 Å². The Morgan fingerprint density at radius 2 is 1.48 bits per heavy atom. The molecule has 0 amide bonds. The molecule has 4 unspecified atom stereocenters. The predicted molar refractivity (Wildman–Crippen MR) is 79.9 cm³/mol. The molecule has 0 aliphatic heterocycles. The summed E-state index contributed by atoms with van der Waals surface area (Å²) in [5, 5.41) is 9.48. The highest BCUT2D eigenvalue weighted by Gasteiger charge is 2.75. The fourth-order valence-corrected chi connectivity index (χ4v) is 4.49. The molecule has 0 heterocycles. The molecule has 0 aromatic rings. The van der Waals surface area contributed by atoms with Gasteiger partial charge in [0, 0.05) is 5.92 Å². The van der Waals surface area contributed by atoms with Crippen LogP contribution in [0.3, 0.4) is 0 Å². The van der Waals surface area contributed by atoms with Crippen LogP contribution in [0.4, 0.5) is 26.3 Å². The first-order chi connectivity index (χ1) is 11.5. The zero-order valence-electron chi connectivity index (χ0n) is 14.3. The lowest BCUT2D eigenvalue weighted by molar-refractivity contribution is -0.403. The molecule has 25 heavy (non-hydrogen) atoms. The topological polar surface area (TPSA) is 29.5 Å². The van der Waals surface area contributed by atoms with E-state index in [0.29, 0.717) is 12.8 Å². The van der Waals surface area contributed by atoms with E-state index in [9.17, 15) is 31.4 Å². The summed E-state index contributed by atoms with van der Waals surface area (Å²) in [7, 11) is 0. The van der Waals surface area contributed by atoms with Gasteiger partial charge in [0.25, 0.3) is 5.60 Å². The minimum atomic E-state index is -5.58. The van der Waals surface area contributed by atoms with Gasteiger partial charge in [-0.2, -0.15) is 26.3 Å². The van der Waals surface area contributed by atoms with Gasteiger partial charge in [0.05, 0.1) is 12.7 Å². The van der Waals surface area contributed by atoms with Crippen molar-refractivity contribution in [1.29, 1.82) is 0 Å². The summed E-state index contributed by atoms with van der Waals surface area (Å²) in [5.41, 5.74) is -4.20. The Morgan fingerprint density at radius 3 is 2.00 bits per heavy atom. The van der Waals surface area contributed by atoms with E-state index in [1.54, 1.807) is 0 Å². The van der Waals surface area contributed by atoms with Gasteiger partial charge in [-0.25, -0.2) is 0 Å². The number of rotatable bonds is 5. The quantitative estimate of drug-likeness (QED) is 0.665. The second kappa shape index (κ2) is 7.62. The minimum Gasteiger partial charge on any atom is -0.391 e. The van der Waals surface area contributed by atoms with Gasteiger partial charge >= 0.3 is 12.4 Å². The zero-order chi connectivity index (χ0) is 18.9. The Morgan fingerprint density at radius 1 is 0.920 bits per heavy atom. The molecule has 4 atom stereocenters. The molecule has 148 valence electrons. The van der Waals surface area contributed by atoms with Crippen molar-refractivity contribution >= 4 is 0 Å². The van der Waals surface area contributed by atoms with Gasteiger partial charge in [0.15, 0.2) is 0 Å². The van der Waals surface area contributed by atoms with Gasteiger partial charge in [-0.05, 0) is 37.5 Å². The Labute approximate surface area is 143 Å². The SMILES string of the molecule is CCC(O)COC(C1CCC2CCCCC2C1)(C(F)(F)F)C(F)(F)F. The standard InChI is InChI=1S/C17H26F6O2/c1-2-14(24)10-25-15(16(18,19)20,17(21,22)23)13-8-7-11-5-3-4-6-12(11)9-13/h11-14,24H,2-10H2,1H3. The fourth-order valence-electron chi connectivity index (χ4n) is 4.49. The zero-order valence-corrected chi connectivity index (χ0v) is 14.3. The van der Waals surface area contributed by atoms with Crippen molar-refractivity contribution in [3.05, 3.63) is 0 Å². The minimum absolute atomic E-state index is 0.0289. The Kier molecular flexibility index (Phi) is 6.35. The summed E-state index contributed by atoms with van der Waals surface area (Å²) in [6, 6.07) is 0. The van der Waals surface area contributed by atoms with Crippen LogP contribution in [-0.2, 0) is 4.74 Å². The molecule has 0 saturated heterocycles. The van der Waals surface area contributed by atoms with E-state index in [4.69, 9.17) is 0 Å². The van der Waals surface area contributed by atoms with Crippen LogP contribution in [-0.4, -0.2) is 35.8 Å². The maximum absolute atomic E-state index is 13.7. The van der Waals surface area contributed by atoms with Crippen molar-refractivity contribution in [3.8, 4) is 0 Å². The van der Waals surface area contributed by atoms with Crippen molar-refractivity contribution in [2.75, 3.05) is 6.61 Å². The number of halogens is 6. The molecule has 0 radical (unpaired) electrons. The first-order valence-electron chi connectivity index (χ1n) is 8.98. The van der Waals surface area contributed by atoms with Crippen LogP contribution in [0.1, 0.15) is 58.3 Å². The average Bonchev–Trinajstić information content (AvgIpc) is 2.52. The van der Waals surface area contributed by atoms with Crippen LogP contribution >= 0.6 is 0 Å². The summed E-state index contributed by atoms with van der Waals surface area (Å²) in [5.74, 6) is -1.53. The maximum Gasteiger partial charge on any atom is 0.426 e. The van der Waals surface area contributed by atoms with Crippen LogP contribution in [0.15, 0.2) is 0 Å². The molecule has 2 nitrogen and oxygen atoms in total. The summed E-state index contributed by atoms with van der Waals surface area (Å²) < 4.78 is 86.8. The second-order valence-corrected chi connectivity index (χ2v) is 7.42. The van der Waals surface area contributed by atoms with Gasteiger partial charge in [0.2, 0.25) is 0 Å². The number of aliphatic hydroxyl groups excluding tert-OH is 1. The molecule has 0 aromatic heterocycles. The Balaban J connectivity index is 2.32. The molecule has 8 heteroatoms. The van der Waals surface area contributed by atoms with Crippen molar-refractivity contribution in [1.82, 2.24) is 0 Å². The number of alkyl halides is 6. The third-order valence-corrected chi connectivity index (χ3v) is 5.93. The maximum atomic E-state index is 13.7. The number of hydrogen-bond donors (Lipinski definition) is 1. The molecule has 1 N–H and O–H groups in total. The van der Waals surface area contributed by atoms with Gasteiger partial charge in [-0.15, -0.1) is 0 Å². The Bertz CT molecular complexity index is 420. The molecule has 0 bridgehead atoms. The number of fused-ring (bicyclic) bond motifs is 1. The summed E-state index contributed by atoms with van der Waals surface area (Å²) in [6.45, 7) is 0.504. The number of ether oxygens (including phenoxy) is 1. The second-order valence-electron chi connectivity index (χ2n) is 7.42. The monoisotopic (exact) mass is 376 g/mol. The third-order valence-electron chi connectivity index (χ3n) is 5.93. The molecule has 2 aliphatic rings. The van der Waals surface area contributed by atoms with Crippen LogP contribution in [0.2, 0.25) is 0 Å². The summed E-state index contributed by atoms with van der Waals surface area (Å²) in [4.78, 5) is 0. The van der Waals surface area contributed by atoms with Crippen molar-refractivity contribution in [2.45, 2.75) is 82.3 Å². The van der Waals surface area contributed by atoms with Crippen LogP contribution in [0.5, 0.6) is 0 Å². The predicted octanol–water partition coefficient (Wildman–Crippen LogP) is 5.24. The highest BCUT2D eigenvalue weighted by atomic mass is 19.4. The highest BCUT2D eigenvalue weighted by molar-refractivity contribution is 5.04. The molecule has 2 aliphatic carbocycles. The highest BCUT2D eigenvalue weighted by Crippen LogP contribution is 2.56. The van der Waals surface area contributed by atoms with Crippen molar-refractivity contribution in [2.24, 2.45) is 17.8 Å². The Hall–Kier alpha value is -0.500. The lowest BCUT2D eigenvalue weighted by atomic mass is 9.63. The summed E-state index contributed by atoms with van der Waals surface area (Å²) >= 11 is 0. The smallest absolute Gasteiger partial charge is 0.391 e.